The molecule has 3 heterocycles. The summed E-state index contributed by atoms with van der Waals surface area (Å²) in [4.78, 5) is 47.8. The van der Waals surface area contributed by atoms with Gasteiger partial charge in [0, 0.05) is 29.9 Å². The molecule has 152 valence electrons. The van der Waals surface area contributed by atoms with Gasteiger partial charge in [0.2, 0.25) is 0 Å². The van der Waals surface area contributed by atoms with Crippen molar-refractivity contribution in [2.45, 2.75) is 32.9 Å². The molecular weight excluding hydrogens is 384 g/mol. The highest BCUT2D eigenvalue weighted by Crippen LogP contribution is 2.22. The Labute approximate surface area is 171 Å². The third-order valence-electron chi connectivity index (χ3n) is 4.88. The summed E-state index contributed by atoms with van der Waals surface area (Å²) in [5, 5.41) is 1.11. The molecule has 0 bridgehead atoms. The average Bonchev–Trinajstić information content (AvgIpc) is 2.75. The maximum atomic E-state index is 12.7. The highest BCUT2D eigenvalue weighted by atomic mass is 16.5. The number of aryl methyl sites for hydroxylation is 1. The third kappa shape index (κ3) is 3.59. The average molecular weight is 404 g/mol. The highest BCUT2D eigenvalue weighted by Gasteiger charge is 2.17. The van der Waals surface area contributed by atoms with E-state index in [0.717, 1.165) is 16.5 Å². The molecule has 4 rings (SSSR count). The van der Waals surface area contributed by atoms with Crippen molar-refractivity contribution >= 4 is 27.9 Å². The maximum absolute atomic E-state index is 12.7. The fraction of sp³-hybridized carbons (Fsp3) is 0.227. The molecule has 0 aliphatic carbocycles. The van der Waals surface area contributed by atoms with E-state index in [2.05, 4.69) is 15.0 Å². The van der Waals surface area contributed by atoms with Crippen LogP contribution in [0.3, 0.4) is 0 Å². The second-order valence-corrected chi connectivity index (χ2v) is 7.01. The molecule has 0 aliphatic rings. The first kappa shape index (κ1) is 19.5. The SMILES string of the molecule is CCCn1c(=O)[nH]c(=O)c2cc(C(=O)OC(C)c3cnc4ccccc4c3)cnc21. The Morgan fingerprint density at radius 3 is 2.77 bits per heavy atom. The van der Waals surface area contributed by atoms with Crippen LogP contribution >= 0.6 is 0 Å². The predicted molar refractivity (Wildman–Crippen MR) is 112 cm³/mol. The smallest absolute Gasteiger partial charge is 0.340 e. The lowest BCUT2D eigenvalue weighted by Gasteiger charge is -2.14. The first-order valence-corrected chi connectivity index (χ1v) is 9.66. The Balaban J connectivity index is 1.63. The molecule has 1 aromatic carbocycles. The zero-order valence-corrected chi connectivity index (χ0v) is 16.6. The van der Waals surface area contributed by atoms with Gasteiger partial charge in [-0.05, 0) is 31.5 Å². The minimum absolute atomic E-state index is 0.135. The lowest BCUT2D eigenvalue weighted by atomic mass is 10.1. The molecule has 8 heteroatoms. The fourth-order valence-electron chi connectivity index (χ4n) is 3.32. The van der Waals surface area contributed by atoms with Crippen molar-refractivity contribution in [3.8, 4) is 0 Å². The number of fused-ring (bicyclic) bond motifs is 2. The van der Waals surface area contributed by atoms with Crippen molar-refractivity contribution in [3.63, 3.8) is 0 Å². The van der Waals surface area contributed by atoms with Crippen LogP contribution in [0.5, 0.6) is 0 Å². The van der Waals surface area contributed by atoms with Crippen LogP contribution in [0.25, 0.3) is 21.9 Å². The Hall–Kier alpha value is -3.81. The van der Waals surface area contributed by atoms with Crippen LogP contribution in [0.4, 0.5) is 0 Å². The number of esters is 1. The Kier molecular flexibility index (Phi) is 5.14. The molecule has 0 aliphatic heterocycles. The highest BCUT2D eigenvalue weighted by molar-refractivity contribution is 5.93. The molecule has 0 spiro atoms. The Morgan fingerprint density at radius 2 is 1.97 bits per heavy atom. The van der Waals surface area contributed by atoms with Gasteiger partial charge in [-0.1, -0.05) is 25.1 Å². The molecule has 0 fully saturated rings. The summed E-state index contributed by atoms with van der Waals surface area (Å²) in [5.74, 6) is -0.613. The van der Waals surface area contributed by atoms with E-state index in [1.807, 2.05) is 37.3 Å². The van der Waals surface area contributed by atoms with Crippen molar-refractivity contribution < 1.29 is 9.53 Å². The quantitative estimate of drug-likeness (QED) is 0.513. The first-order chi connectivity index (χ1) is 14.5. The van der Waals surface area contributed by atoms with E-state index >= 15 is 0 Å². The molecular formula is C22H20N4O4. The van der Waals surface area contributed by atoms with Crippen molar-refractivity contribution in [1.29, 1.82) is 0 Å². The van der Waals surface area contributed by atoms with Gasteiger partial charge >= 0.3 is 11.7 Å². The molecule has 1 N–H and O–H groups in total. The van der Waals surface area contributed by atoms with E-state index < -0.39 is 23.3 Å². The number of carbonyl (C=O) groups is 1. The number of carbonyl (C=O) groups excluding carboxylic acids is 1. The largest absolute Gasteiger partial charge is 0.454 e. The van der Waals surface area contributed by atoms with E-state index in [4.69, 9.17) is 4.74 Å². The molecule has 8 nitrogen and oxygen atoms in total. The van der Waals surface area contributed by atoms with E-state index in [0.29, 0.717) is 13.0 Å². The van der Waals surface area contributed by atoms with Gasteiger partial charge in [-0.2, -0.15) is 0 Å². The van der Waals surface area contributed by atoms with Gasteiger partial charge in [0.05, 0.1) is 16.5 Å². The van der Waals surface area contributed by atoms with Crippen LogP contribution in [0, 0.1) is 0 Å². The van der Waals surface area contributed by atoms with Crippen molar-refractivity contribution in [1.82, 2.24) is 19.5 Å². The van der Waals surface area contributed by atoms with Gasteiger partial charge in [-0.25, -0.2) is 14.6 Å². The number of H-pyrrole nitrogens is 1. The molecule has 0 amide bonds. The van der Waals surface area contributed by atoms with Crippen LogP contribution < -0.4 is 11.2 Å². The van der Waals surface area contributed by atoms with Crippen molar-refractivity contribution in [3.05, 3.63) is 80.8 Å². The molecule has 0 saturated carbocycles. The van der Waals surface area contributed by atoms with E-state index in [9.17, 15) is 14.4 Å². The third-order valence-corrected chi connectivity index (χ3v) is 4.88. The maximum Gasteiger partial charge on any atom is 0.340 e. The standard InChI is InChI=1S/C22H20N4O4/c1-3-8-26-19-17(20(27)25-22(26)29)10-16(12-24-19)21(28)30-13(2)15-9-14-6-4-5-7-18(14)23-11-15/h4-7,9-13H,3,8H2,1-2H3,(H,25,27,29). The normalized spacial score (nSPS) is 12.2. The van der Waals surface area contributed by atoms with Crippen LogP contribution in [-0.4, -0.2) is 25.5 Å². The van der Waals surface area contributed by atoms with E-state index in [1.165, 1.54) is 16.8 Å². The van der Waals surface area contributed by atoms with Crippen molar-refractivity contribution in [2.75, 3.05) is 0 Å². The summed E-state index contributed by atoms with van der Waals surface area (Å²) in [6, 6.07) is 11.0. The molecule has 4 aromatic rings. The number of hydrogen-bond donors (Lipinski definition) is 1. The molecule has 3 aromatic heterocycles. The lowest BCUT2D eigenvalue weighted by Crippen LogP contribution is -2.31. The Morgan fingerprint density at radius 1 is 1.17 bits per heavy atom. The summed E-state index contributed by atoms with van der Waals surface area (Å²) >= 11 is 0. The second kappa shape index (κ2) is 7.90. The molecule has 30 heavy (non-hydrogen) atoms. The molecule has 1 unspecified atom stereocenters. The molecule has 0 saturated heterocycles. The van der Waals surface area contributed by atoms with Crippen molar-refractivity contribution in [2.24, 2.45) is 0 Å². The summed E-state index contributed by atoms with van der Waals surface area (Å²) in [6.07, 6.45) is 3.15. The monoisotopic (exact) mass is 404 g/mol. The minimum Gasteiger partial charge on any atom is -0.454 e. The molecule has 1 atom stereocenters. The van der Waals surface area contributed by atoms with Gasteiger partial charge in [0.1, 0.15) is 11.8 Å². The van der Waals surface area contributed by atoms with Crippen LogP contribution in [0.1, 0.15) is 42.3 Å². The summed E-state index contributed by atoms with van der Waals surface area (Å²) < 4.78 is 6.95. The van der Waals surface area contributed by atoms with Crippen LogP contribution in [0.15, 0.2) is 58.4 Å². The number of aromatic amines is 1. The van der Waals surface area contributed by atoms with Crippen LogP contribution in [0.2, 0.25) is 0 Å². The number of hydrogen-bond acceptors (Lipinski definition) is 6. The van der Waals surface area contributed by atoms with Gasteiger partial charge in [0.25, 0.3) is 5.56 Å². The van der Waals surface area contributed by atoms with E-state index in [-0.39, 0.29) is 16.6 Å². The zero-order valence-electron chi connectivity index (χ0n) is 16.6. The number of nitrogens with zero attached hydrogens (tertiary/aromatic N) is 3. The van der Waals surface area contributed by atoms with Gasteiger partial charge in [-0.15, -0.1) is 0 Å². The topological polar surface area (TPSA) is 107 Å². The van der Waals surface area contributed by atoms with Gasteiger partial charge in [0.15, 0.2) is 0 Å². The van der Waals surface area contributed by atoms with Crippen LogP contribution in [-0.2, 0) is 11.3 Å². The number of ether oxygens (including phenoxy) is 1. The number of nitrogens with one attached hydrogen (secondary N) is 1. The summed E-state index contributed by atoms with van der Waals surface area (Å²) in [7, 11) is 0. The Bertz CT molecular complexity index is 1370. The minimum atomic E-state index is -0.613. The zero-order chi connectivity index (χ0) is 21.3. The fourth-order valence-corrected chi connectivity index (χ4v) is 3.32. The second-order valence-electron chi connectivity index (χ2n) is 7.01. The van der Waals surface area contributed by atoms with Gasteiger partial charge < -0.3 is 4.74 Å². The lowest BCUT2D eigenvalue weighted by molar-refractivity contribution is 0.0337. The number of benzene rings is 1. The number of rotatable bonds is 5. The summed E-state index contributed by atoms with van der Waals surface area (Å²) in [6.45, 7) is 4.08. The van der Waals surface area contributed by atoms with E-state index in [1.54, 1.807) is 13.1 Å². The van der Waals surface area contributed by atoms with Gasteiger partial charge in [-0.3, -0.25) is 19.3 Å². The summed E-state index contributed by atoms with van der Waals surface area (Å²) in [5.41, 5.74) is 0.886. The first-order valence-electron chi connectivity index (χ1n) is 9.66. The number of aromatic nitrogens is 4. The number of pyridine rings is 2. The number of para-hydroxylation sites is 1. The predicted octanol–water partition coefficient (Wildman–Crippen LogP) is 2.96. The molecule has 0 radical (unpaired) electrons.